The highest BCUT2D eigenvalue weighted by Gasteiger charge is 1.99. The van der Waals surface area contributed by atoms with Crippen molar-refractivity contribution < 1.29 is 9.53 Å². The van der Waals surface area contributed by atoms with Crippen LogP contribution in [0.3, 0.4) is 0 Å². The van der Waals surface area contributed by atoms with E-state index in [0.29, 0.717) is 12.2 Å². The van der Waals surface area contributed by atoms with Crippen LogP contribution < -0.4 is 10.5 Å². The Labute approximate surface area is 152 Å². The van der Waals surface area contributed by atoms with Crippen LogP contribution in [0.5, 0.6) is 5.75 Å². The third-order valence-corrected chi connectivity index (χ3v) is 3.94. The minimum absolute atomic E-state index is 0.425. The van der Waals surface area contributed by atoms with Crippen molar-refractivity contribution in [2.24, 2.45) is 5.73 Å². The first kappa shape index (κ1) is 20.8. The van der Waals surface area contributed by atoms with Crippen molar-refractivity contribution in [3.63, 3.8) is 0 Å². The Morgan fingerprint density at radius 3 is 2.04 bits per heavy atom. The lowest BCUT2D eigenvalue weighted by Gasteiger charge is -2.05. The van der Waals surface area contributed by atoms with Crippen molar-refractivity contribution in [3.05, 3.63) is 64.8 Å². The van der Waals surface area contributed by atoms with Gasteiger partial charge in [0.05, 0.1) is 0 Å². The van der Waals surface area contributed by atoms with Gasteiger partial charge in [0, 0.05) is 5.56 Å². The van der Waals surface area contributed by atoms with Crippen LogP contribution >= 0.6 is 0 Å². The van der Waals surface area contributed by atoms with Gasteiger partial charge >= 0.3 is 0 Å². The van der Waals surface area contributed by atoms with Crippen molar-refractivity contribution in [2.75, 3.05) is 6.61 Å². The van der Waals surface area contributed by atoms with E-state index in [1.807, 2.05) is 0 Å². The third-order valence-electron chi connectivity index (χ3n) is 3.94. The van der Waals surface area contributed by atoms with Crippen LogP contribution in [0.15, 0.2) is 59.2 Å². The highest BCUT2D eigenvalue weighted by molar-refractivity contribution is 5.92. The lowest BCUT2D eigenvalue weighted by molar-refractivity contribution is 0.100. The summed E-state index contributed by atoms with van der Waals surface area (Å²) in [6.45, 7) is 9.15. The molecule has 1 amide bonds. The number of rotatable bonds is 10. The van der Waals surface area contributed by atoms with Gasteiger partial charge in [-0.15, -0.1) is 0 Å². The fourth-order valence-electron chi connectivity index (χ4n) is 2.33. The molecule has 1 rings (SSSR count). The summed E-state index contributed by atoms with van der Waals surface area (Å²) in [7, 11) is 0. The number of carbonyl (C=O) groups is 1. The topological polar surface area (TPSA) is 52.3 Å². The van der Waals surface area contributed by atoms with Crippen molar-refractivity contribution in [1.29, 1.82) is 0 Å². The standard InChI is InChI=1S/C22H31NO2/c1-17(2)7-5-8-18(3)9-6-10-19(4)15-16-25-21-13-11-20(12-14-21)22(23)24/h7,9,11-15H,5-6,8,10,16H2,1-4H3,(H2,23,24)/b18-9+,19-15+. The highest BCUT2D eigenvalue weighted by atomic mass is 16.5. The fraction of sp³-hybridized carbons (Fsp3) is 0.409. The molecule has 136 valence electrons. The Bertz CT molecular complexity index is 632. The molecule has 0 saturated heterocycles. The Balaban J connectivity index is 2.31. The molecule has 0 fully saturated rings. The minimum Gasteiger partial charge on any atom is -0.490 e. The van der Waals surface area contributed by atoms with Gasteiger partial charge in [0.15, 0.2) is 0 Å². The van der Waals surface area contributed by atoms with Crippen molar-refractivity contribution in [2.45, 2.75) is 53.4 Å². The Hall–Kier alpha value is -2.29. The molecule has 25 heavy (non-hydrogen) atoms. The molecule has 0 aliphatic carbocycles. The van der Waals surface area contributed by atoms with Crippen molar-refractivity contribution in [1.82, 2.24) is 0 Å². The number of nitrogens with two attached hydrogens (primary N) is 1. The van der Waals surface area contributed by atoms with Crippen LogP contribution in [0.1, 0.15) is 63.7 Å². The molecule has 2 N–H and O–H groups in total. The Kier molecular flexibility index (Phi) is 9.38. The monoisotopic (exact) mass is 341 g/mol. The molecule has 3 heteroatoms. The van der Waals surface area contributed by atoms with Gasteiger partial charge in [0.2, 0.25) is 5.91 Å². The van der Waals surface area contributed by atoms with Gasteiger partial charge in [-0.25, -0.2) is 0 Å². The van der Waals surface area contributed by atoms with Crippen LogP contribution in [0.2, 0.25) is 0 Å². The Morgan fingerprint density at radius 1 is 0.920 bits per heavy atom. The summed E-state index contributed by atoms with van der Waals surface area (Å²) in [4.78, 5) is 11.0. The number of allylic oxidation sites excluding steroid dienone is 5. The molecular weight excluding hydrogens is 310 g/mol. The predicted molar refractivity (Wildman–Crippen MR) is 106 cm³/mol. The van der Waals surface area contributed by atoms with E-state index in [-0.39, 0.29) is 0 Å². The quantitative estimate of drug-likeness (QED) is 0.564. The summed E-state index contributed by atoms with van der Waals surface area (Å²) in [5.74, 6) is 0.315. The number of benzene rings is 1. The van der Waals surface area contributed by atoms with Crippen LogP contribution in [-0.4, -0.2) is 12.5 Å². The highest BCUT2D eigenvalue weighted by Crippen LogP contribution is 2.14. The summed E-state index contributed by atoms with van der Waals surface area (Å²) in [5.41, 5.74) is 9.87. The molecule has 3 nitrogen and oxygen atoms in total. The van der Waals surface area contributed by atoms with E-state index >= 15 is 0 Å². The van der Waals surface area contributed by atoms with E-state index in [0.717, 1.165) is 31.4 Å². The predicted octanol–water partition coefficient (Wildman–Crippen LogP) is 5.58. The largest absolute Gasteiger partial charge is 0.490 e. The lowest BCUT2D eigenvalue weighted by atomic mass is 10.1. The summed E-state index contributed by atoms with van der Waals surface area (Å²) in [5, 5.41) is 0. The molecule has 1 aromatic rings. The first-order valence-electron chi connectivity index (χ1n) is 8.85. The summed E-state index contributed by atoms with van der Waals surface area (Å²) in [6, 6.07) is 6.89. The number of ether oxygens (including phenoxy) is 1. The molecule has 0 aliphatic heterocycles. The van der Waals surface area contributed by atoms with Gasteiger partial charge in [-0.2, -0.15) is 0 Å². The molecular formula is C22H31NO2. The first-order valence-corrected chi connectivity index (χ1v) is 8.85. The number of carbonyl (C=O) groups excluding carboxylic acids is 1. The van der Waals surface area contributed by atoms with E-state index in [4.69, 9.17) is 10.5 Å². The molecule has 0 radical (unpaired) electrons. The second kappa shape index (κ2) is 11.3. The molecule has 0 spiro atoms. The zero-order chi connectivity index (χ0) is 18.7. The van der Waals surface area contributed by atoms with E-state index < -0.39 is 5.91 Å². The number of primary amides is 1. The maximum atomic E-state index is 11.0. The van der Waals surface area contributed by atoms with Gasteiger partial charge in [0.25, 0.3) is 0 Å². The van der Waals surface area contributed by atoms with E-state index in [2.05, 4.69) is 45.9 Å². The van der Waals surface area contributed by atoms with Crippen LogP contribution in [0.4, 0.5) is 0 Å². The molecule has 0 aliphatic rings. The maximum Gasteiger partial charge on any atom is 0.248 e. The smallest absolute Gasteiger partial charge is 0.248 e. The third kappa shape index (κ3) is 9.55. The SMILES string of the molecule is CC(C)=CCC/C(C)=C/CC/C(C)=C/COc1ccc(C(N)=O)cc1. The maximum absolute atomic E-state index is 11.0. The second-order valence-corrected chi connectivity index (χ2v) is 6.66. The average molecular weight is 341 g/mol. The number of hydrogen-bond acceptors (Lipinski definition) is 2. The fourth-order valence-corrected chi connectivity index (χ4v) is 2.33. The van der Waals surface area contributed by atoms with Gasteiger partial charge in [-0.05, 0) is 83.7 Å². The van der Waals surface area contributed by atoms with Crippen LogP contribution in [-0.2, 0) is 0 Å². The molecule has 0 heterocycles. The zero-order valence-electron chi connectivity index (χ0n) is 16.0. The van der Waals surface area contributed by atoms with Gasteiger partial charge in [0.1, 0.15) is 12.4 Å². The van der Waals surface area contributed by atoms with Gasteiger partial charge in [-0.1, -0.05) is 28.9 Å². The molecule has 1 aromatic carbocycles. The molecule has 0 bridgehead atoms. The lowest BCUT2D eigenvalue weighted by Crippen LogP contribution is -2.10. The minimum atomic E-state index is -0.425. The van der Waals surface area contributed by atoms with Gasteiger partial charge < -0.3 is 10.5 Å². The zero-order valence-corrected chi connectivity index (χ0v) is 16.0. The number of hydrogen-bond donors (Lipinski definition) is 1. The average Bonchev–Trinajstić information content (AvgIpc) is 2.55. The first-order chi connectivity index (χ1) is 11.9. The van der Waals surface area contributed by atoms with Crippen molar-refractivity contribution >= 4 is 5.91 Å². The summed E-state index contributed by atoms with van der Waals surface area (Å²) < 4.78 is 5.66. The molecule has 0 atom stereocenters. The number of amides is 1. The molecule has 0 unspecified atom stereocenters. The van der Waals surface area contributed by atoms with E-state index in [1.165, 1.54) is 16.7 Å². The normalized spacial score (nSPS) is 12.0. The van der Waals surface area contributed by atoms with E-state index in [9.17, 15) is 4.79 Å². The van der Waals surface area contributed by atoms with Crippen LogP contribution in [0.25, 0.3) is 0 Å². The summed E-state index contributed by atoms with van der Waals surface area (Å²) >= 11 is 0. The second-order valence-electron chi connectivity index (χ2n) is 6.66. The molecule has 0 aromatic heterocycles. The molecule has 0 saturated carbocycles. The Morgan fingerprint density at radius 2 is 1.48 bits per heavy atom. The van der Waals surface area contributed by atoms with E-state index in [1.54, 1.807) is 24.3 Å². The van der Waals surface area contributed by atoms with Gasteiger partial charge in [-0.3, -0.25) is 4.79 Å². The summed E-state index contributed by atoms with van der Waals surface area (Å²) in [6.07, 6.45) is 11.1. The van der Waals surface area contributed by atoms with Crippen molar-refractivity contribution in [3.8, 4) is 5.75 Å². The van der Waals surface area contributed by atoms with Crippen LogP contribution in [0, 0.1) is 0 Å².